The van der Waals surface area contributed by atoms with Crippen molar-refractivity contribution in [3.05, 3.63) is 0 Å². The highest BCUT2D eigenvalue weighted by molar-refractivity contribution is 4.80. The molecule has 0 saturated carbocycles. The summed E-state index contributed by atoms with van der Waals surface area (Å²) in [5.41, 5.74) is 11.9. The van der Waals surface area contributed by atoms with E-state index in [1.165, 1.54) is 25.7 Å². The third-order valence-corrected chi connectivity index (χ3v) is 3.81. The number of hydrogen-bond acceptors (Lipinski definition) is 2. The third kappa shape index (κ3) is 3.97. The van der Waals surface area contributed by atoms with Crippen molar-refractivity contribution in [3.63, 3.8) is 0 Å². The smallest absolute Gasteiger partial charge is 0.00206 e. The van der Waals surface area contributed by atoms with Gasteiger partial charge in [-0.3, -0.25) is 0 Å². The van der Waals surface area contributed by atoms with Crippen LogP contribution in [0.1, 0.15) is 52.9 Å². The van der Waals surface area contributed by atoms with Crippen LogP contribution < -0.4 is 11.5 Å². The van der Waals surface area contributed by atoms with E-state index in [9.17, 15) is 0 Å². The highest BCUT2D eigenvalue weighted by Crippen LogP contribution is 2.34. The van der Waals surface area contributed by atoms with Gasteiger partial charge in [-0.05, 0) is 50.1 Å². The Kier molecular flexibility index (Phi) is 7.20. The lowest BCUT2D eigenvalue weighted by Crippen LogP contribution is -2.32. The Balaban J connectivity index is 4.24. The average Bonchev–Trinajstić information content (AvgIpc) is 2.25. The van der Waals surface area contributed by atoms with E-state index in [1.807, 2.05) is 0 Å². The van der Waals surface area contributed by atoms with Crippen molar-refractivity contribution in [3.8, 4) is 0 Å². The molecule has 1 atom stereocenters. The van der Waals surface area contributed by atoms with Gasteiger partial charge in [0.05, 0.1) is 0 Å². The fourth-order valence-electron chi connectivity index (χ4n) is 2.21. The first-order valence-corrected chi connectivity index (χ1v) is 6.08. The summed E-state index contributed by atoms with van der Waals surface area (Å²) >= 11 is 0. The molecule has 0 aromatic carbocycles. The lowest BCUT2D eigenvalue weighted by molar-refractivity contribution is 0.195. The van der Waals surface area contributed by atoms with Crippen LogP contribution in [0.2, 0.25) is 0 Å². The van der Waals surface area contributed by atoms with Gasteiger partial charge >= 0.3 is 0 Å². The molecule has 2 heteroatoms. The van der Waals surface area contributed by atoms with Crippen LogP contribution in [-0.2, 0) is 0 Å². The predicted octanol–water partition coefficient (Wildman–Crippen LogP) is 2.52. The minimum Gasteiger partial charge on any atom is -0.330 e. The molecule has 0 fully saturated rings. The van der Waals surface area contributed by atoms with E-state index in [0.717, 1.165) is 25.4 Å². The van der Waals surface area contributed by atoms with Gasteiger partial charge in [0, 0.05) is 0 Å². The molecule has 0 aromatic rings. The Hall–Kier alpha value is -0.0800. The lowest BCUT2D eigenvalue weighted by atomic mass is 9.73. The van der Waals surface area contributed by atoms with Crippen molar-refractivity contribution in [2.24, 2.45) is 22.8 Å². The van der Waals surface area contributed by atoms with Crippen molar-refractivity contribution in [2.45, 2.75) is 52.9 Å². The Morgan fingerprint density at radius 3 is 1.93 bits per heavy atom. The molecular weight excluding hydrogens is 172 g/mol. The molecule has 1 unspecified atom stereocenters. The maximum atomic E-state index is 5.90. The summed E-state index contributed by atoms with van der Waals surface area (Å²) in [6.45, 7) is 8.40. The summed E-state index contributed by atoms with van der Waals surface area (Å²) in [6.07, 6.45) is 6.03. The van der Waals surface area contributed by atoms with E-state index in [4.69, 9.17) is 11.5 Å². The average molecular weight is 200 g/mol. The van der Waals surface area contributed by atoms with E-state index in [0.29, 0.717) is 5.41 Å². The predicted molar refractivity (Wildman–Crippen MR) is 64.1 cm³/mol. The minimum atomic E-state index is 0.371. The monoisotopic (exact) mass is 200 g/mol. The Labute approximate surface area is 89.4 Å². The molecule has 0 aliphatic carbocycles. The zero-order valence-corrected chi connectivity index (χ0v) is 10.2. The van der Waals surface area contributed by atoms with Crippen molar-refractivity contribution in [1.82, 2.24) is 0 Å². The first kappa shape index (κ1) is 13.9. The molecule has 0 aliphatic rings. The quantitative estimate of drug-likeness (QED) is 0.632. The summed E-state index contributed by atoms with van der Waals surface area (Å²) in [7, 11) is 0. The molecular formula is C12H28N2. The van der Waals surface area contributed by atoms with Gasteiger partial charge in [-0.1, -0.05) is 27.2 Å². The van der Waals surface area contributed by atoms with E-state index in [2.05, 4.69) is 20.8 Å². The first-order valence-electron chi connectivity index (χ1n) is 6.08. The summed E-state index contributed by atoms with van der Waals surface area (Å²) in [4.78, 5) is 0. The van der Waals surface area contributed by atoms with Gasteiger partial charge < -0.3 is 11.5 Å². The van der Waals surface area contributed by atoms with Gasteiger partial charge in [0.15, 0.2) is 0 Å². The lowest BCUT2D eigenvalue weighted by Gasteiger charge is -2.33. The van der Waals surface area contributed by atoms with Crippen LogP contribution >= 0.6 is 0 Å². The second kappa shape index (κ2) is 7.24. The maximum Gasteiger partial charge on any atom is -0.00206 e. The Bertz CT molecular complexity index is 122. The molecule has 4 N–H and O–H groups in total. The van der Waals surface area contributed by atoms with Crippen LogP contribution in [0.25, 0.3) is 0 Å². The maximum absolute atomic E-state index is 5.90. The van der Waals surface area contributed by atoms with Crippen molar-refractivity contribution in [1.29, 1.82) is 0 Å². The second-order valence-electron chi connectivity index (χ2n) is 4.47. The van der Waals surface area contributed by atoms with Crippen LogP contribution in [0.15, 0.2) is 0 Å². The van der Waals surface area contributed by atoms with Crippen molar-refractivity contribution in [2.75, 3.05) is 13.1 Å². The SMILES string of the molecule is CCC(CCN)CC(CC)(CC)CN. The van der Waals surface area contributed by atoms with Crippen LogP contribution in [0, 0.1) is 11.3 Å². The fraction of sp³-hybridized carbons (Fsp3) is 1.00. The van der Waals surface area contributed by atoms with Crippen LogP contribution in [0.5, 0.6) is 0 Å². The molecule has 0 aromatic heterocycles. The number of rotatable bonds is 8. The van der Waals surface area contributed by atoms with Crippen molar-refractivity contribution < 1.29 is 0 Å². The minimum absolute atomic E-state index is 0.371. The summed E-state index contributed by atoms with van der Waals surface area (Å²) in [6, 6.07) is 0. The molecule has 0 rings (SSSR count). The Morgan fingerprint density at radius 2 is 1.64 bits per heavy atom. The number of hydrogen-bond donors (Lipinski definition) is 2. The van der Waals surface area contributed by atoms with Gasteiger partial charge in [0.25, 0.3) is 0 Å². The van der Waals surface area contributed by atoms with E-state index < -0.39 is 0 Å². The third-order valence-electron chi connectivity index (χ3n) is 3.81. The molecule has 14 heavy (non-hydrogen) atoms. The molecule has 0 spiro atoms. The highest BCUT2D eigenvalue weighted by Gasteiger charge is 2.27. The number of nitrogens with two attached hydrogens (primary N) is 2. The summed E-state index contributed by atoms with van der Waals surface area (Å²) in [5, 5.41) is 0. The van der Waals surface area contributed by atoms with Gasteiger partial charge in [-0.15, -0.1) is 0 Å². The standard InChI is InChI=1S/C12H28N2/c1-4-11(7-8-13)9-12(5-2,6-3)10-14/h11H,4-10,13-14H2,1-3H3. The van der Waals surface area contributed by atoms with E-state index in [1.54, 1.807) is 0 Å². The molecule has 0 radical (unpaired) electrons. The van der Waals surface area contributed by atoms with Gasteiger partial charge in [-0.2, -0.15) is 0 Å². The molecule has 86 valence electrons. The van der Waals surface area contributed by atoms with Crippen molar-refractivity contribution >= 4 is 0 Å². The molecule has 0 aliphatic heterocycles. The normalized spacial score (nSPS) is 14.4. The molecule has 0 saturated heterocycles. The van der Waals surface area contributed by atoms with Crippen LogP contribution in [0.3, 0.4) is 0 Å². The van der Waals surface area contributed by atoms with E-state index >= 15 is 0 Å². The van der Waals surface area contributed by atoms with Gasteiger partial charge in [-0.25, -0.2) is 0 Å². The molecule has 2 nitrogen and oxygen atoms in total. The first-order chi connectivity index (χ1) is 6.67. The topological polar surface area (TPSA) is 52.0 Å². The molecule has 0 bridgehead atoms. The molecule has 0 heterocycles. The summed E-state index contributed by atoms with van der Waals surface area (Å²) in [5.74, 6) is 0.767. The Morgan fingerprint density at radius 1 is 1.07 bits per heavy atom. The van der Waals surface area contributed by atoms with Gasteiger partial charge in [0.2, 0.25) is 0 Å². The highest BCUT2D eigenvalue weighted by atomic mass is 14.6. The van der Waals surface area contributed by atoms with Gasteiger partial charge in [0.1, 0.15) is 0 Å². The zero-order valence-electron chi connectivity index (χ0n) is 10.2. The second-order valence-corrected chi connectivity index (χ2v) is 4.47. The molecule has 0 amide bonds. The zero-order chi connectivity index (χ0) is 11.0. The van der Waals surface area contributed by atoms with E-state index in [-0.39, 0.29) is 0 Å². The van der Waals surface area contributed by atoms with Crippen LogP contribution in [0.4, 0.5) is 0 Å². The largest absolute Gasteiger partial charge is 0.330 e. The fourth-order valence-corrected chi connectivity index (χ4v) is 2.21. The van der Waals surface area contributed by atoms with Crippen LogP contribution in [-0.4, -0.2) is 13.1 Å². The summed E-state index contributed by atoms with van der Waals surface area (Å²) < 4.78 is 0.